The normalized spacial score (nSPS) is 11.0. The van der Waals surface area contributed by atoms with E-state index in [1.807, 2.05) is 66.2 Å². The van der Waals surface area contributed by atoms with Gasteiger partial charge in [-0.2, -0.15) is 5.10 Å². The van der Waals surface area contributed by atoms with E-state index in [1.165, 1.54) is 7.11 Å². The number of benzene rings is 1. The van der Waals surface area contributed by atoms with Gasteiger partial charge in [0.2, 0.25) is 0 Å². The zero-order chi connectivity index (χ0) is 21.4. The number of nitrogens with zero attached hydrogens (tertiary/aromatic N) is 4. The minimum atomic E-state index is -0.773. The Labute approximate surface area is 177 Å². The molecule has 0 spiro atoms. The van der Waals surface area contributed by atoms with Crippen LogP contribution in [-0.2, 0) is 4.74 Å². The average Bonchev–Trinajstić information content (AvgIpc) is 3.18. The van der Waals surface area contributed by atoms with Gasteiger partial charge >= 0.3 is 6.16 Å². The second kappa shape index (κ2) is 7.53. The van der Waals surface area contributed by atoms with Gasteiger partial charge < -0.3 is 9.47 Å². The summed E-state index contributed by atoms with van der Waals surface area (Å²) in [5.74, 6) is 0.375. The van der Waals surface area contributed by atoms with Gasteiger partial charge in [0.15, 0.2) is 0 Å². The number of carbonyl (C=O) groups is 1. The average molecular weight is 410 g/mol. The summed E-state index contributed by atoms with van der Waals surface area (Å²) in [6, 6.07) is 19.0. The number of methoxy groups -OCH3 is 1. The Bertz CT molecular complexity index is 1440. The van der Waals surface area contributed by atoms with Crippen LogP contribution in [-0.4, -0.2) is 32.8 Å². The van der Waals surface area contributed by atoms with Crippen molar-refractivity contribution in [1.29, 1.82) is 0 Å². The van der Waals surface area contributed by atoms with Crippen molar-refractivity contribution in [1.82, 2.24) is 19.6 Å². The van der Waals surface area contributed by atoms with E-state index in [-0.39, 0.29) is 0 Å². The van der Waals surface area contributed by atoms with Crippen molar-refractivity contribution < 1.29 is 14.3 Å². The van der Waals surface area contributed by atoms with E-state index >= 15 is 0 Å². The molecule has 0 bridgehead atoms. The number of aryl methyl sites for hydroxylation is 1. The van der Waals surface area contributed by atoms with E-state index in [4.69, 9.17) is 14.8 Å². The van der Waals surface area contributed by atoms with Crippen molar-refractivity contribution in [2.45, 2.75) is 6.92 Å². The van der Waals surface area contributed by atoms with Crippen LogP contribution in [0.5, 0.6) is 5.75 Å². The molecule has 7 heteroatoms. The third kappa shape index (κ3) is 3.36. The molecule has 0 atom stereocenters. The van der Waals surface area contributed by atoms with Gasteiger partial charge in [-0.25, -0.2) is 9.31 Å². The first-order valence-electron chi connectivity index (χ1n) is 9.70. The SMILES string of the molecule is COC(=O)Oc1ccc2nccc(-c3c(-c4cccc(C)n4)nn4ccccc34)c2c1. The van der Waals surface area contributed by atoms with Crippen LogP contribution in [0.2, 0.25) is 0 Å². The Balaban J connectivity index is 1.80. The summed E-state index contributed by atoms with van der Waals surface area (Å²) < 4.78 is 11.7. The maximum absolute atomic E-state index is 11.6. The molecule has 0 saturated heterocycles. The maximum atomic E-state index is 11.6. The molecule has 5 rings (SSSR count). The van der Waals surface area contributed by atoms with E-state index in [1.54, 1.807) is 18.3 Å². The van der Waals surface area contributed by atoms with E-state index in [2.05, 4.69) is 9.72 Å². The van der Waals surface area contributed by atoms with Crippen molar-refractivity contribution >= 4 is 22.6 Å². The van der Waals surface area contributed by atoms with Gasteiger partial charge in [-0.3, -0.25) is 9.97 Å². The highest BCUT2D eigenvalue weighted by Gasteiger charge is 2.20. The van der Waals surface area contributed by atoms with Crippen molar-refractivity contribution in [2.24, 2.45) is 0 Å². The van der Waals surface area contributed by atoms with Crippen LogP contribution in [0.15, 0.2) is 73.1 Å². The topological polar surface area (TPSA) is 78.6 Å². The zero-order valence-corrected chi connectivity index (χ0v) is 16.9. The van der Waals surface area contributed by atoms with Crippen LogP contribution < -0.4 is 4.74 Å². The fourth-order valence-electron chi connectivity index (χ4n) is 3.66. The number of aromatic nitrogens is 4. The minimum Gasteiger partial charge on any atom is -0.437 e. The molecule has 0 aliphatic carbocycles. The lowest BCUT2D eigenvalue weighted by atomic mass is 9.98. The molecule has 31 heavy (non-hydrogen) atoms. The van der Waals surface area contributed by atoms with Gasteiger partial charge in [0.1, 0.15) is 11.4 Å². The van der Waals surface area contributed by atoms with Crippen LogP contribution in [0.4, 0.5) is 4.79 Å². The fraction of sp³-hybridized carbons (Fsp3) is 0.0833. The number of ether oxygens (including phenoxy) is 2. The van der Waals surface area contributed by atoms with E-state index in [9.17, 15) is 4.79 Å². The Hall–Kier alpha value is -4.26. The number of rotatable bonds is 3. The van der Waals surface area contributed by atoms with Gasteiger partial charge in [0, 0.05) is 29.0 Å². The number of fused-ring (bicyclic) bond motifs is 2. The summed E-state index contributed by atoms with van der Waals surface area (Å²) >= 11 is 0. The van der Waals surface area contributed by atoms with Gasteiger partial charge in [-0.15, -0.1) is 0 Å². The predicted octanol–water partition coefficient (Wildman–Crippen LogP) is 5.07. The molecule has 5 aromatic rings. The number of hydrogen-bond acceptors (Lipinski definition) is 6. The molecule has 7 nitrogen and oxygen atoms in total. The Morgan fingerprint density at radius 2 is 1.94 bits per heavy atom. The molecule has 4 aromatic heterocycles. The minimum absolute atomic E-state index is 0.375. The first kappa shape index (κ1) is 18.7. The molecule has 0 amide bonds. The molecule has 1 aromatic carbocycles. The second-order valence-corrected chi connectivity index (χ2v) is 7.01. The molecule has 4 heterocycles. The largest absolute Gasteiger partial charge is 0.513 e. The summed E-state index contributed by atoms with van der Waals surface area (Å²) in [6.45, 7) is 1.96. The monoisotopic (exact) mass is 410 g/mol. The standard InChI is InChI=1S/C24H18N4O3/c1-15-6-5-7-20(26-15)23-22(21-8-3-4-13-28(21)27-23)17-11-12-25-19-10-9-16(14-18(17)19)31-24(29)30-2/h3-14H,1-2H3. The zero-order valence-electron chi connectivity index (χ0n) is 16.9. The molecule has 0 radical (unpaired) electrons. The lowest BCUT2D eigenvalue weighted by Crippen LogP contribution is -2.07. The van der Waals surface area contributed by atoms with Gasteiger partial charge in [0.05, 0.1) is 23.8 Å². The van der Waals surface area contributed by atoms with E-state index in [0.717, 1.165) is 44.6 Å². The van der Waals surface area contributed by atoms with Gasteiger partial charge in [-0.1, -0.05) is 12.1 Å². The fourth-order valence-corrected chi connectivity index (χ4v) is 3.66. The summed E-state index contributed by atoms with van der Waals surface area (Å²) in [4.78, 5) is 20.8. The van der Waals surface area contributed by atoms with Crippen molar-refractivity contribution in [3.63, 3.8) is 0 Å². The lowest BCUT2D eigenvalue weighted by Gasteiger charge is -2.09. The maximum Gasteiger partial charge on any atom is 0.513 e. The summed E-state index contributed by atoms with van der Waals surface area (Å²) in [7, 11) is 1.27. The number of carbonyl (C=O) groups excluding carboxylic acids is 1. The van der Waals surface area contributed by atoms with Crippen molar-refractivity contribution in [3.05, 3.63) is 78.8 Å². The number of pyridine rings is 3. The van der Waals surface area contributed by atoms with Crippen molar-refractivity contribution in [2.75, 3.05) is 7.11 Å². The third-order valence-corrected chi connectivity index (χ3v) is 5.02. The lowest BCUT2D eigenvalue weighted by molar-refractivity contribution is 0.121. The molecule has 0 aliphatic heterocycles. The molecule has 0 unspecified atom stereocenters. The predicted molar refractivity (Wildman–Crippen MR) is 117 cm³/mol. The highest BCUT2D eigenvalue weighted by atomic mass is 16.7. The molecule has 0 saturated carbocycles. The Morgan fingerprint density at radius 1 is 1.03 bits per heavy atom. The first-order chi connectivity index (χ1) is 15.1. The highest BCUT2D eigenvalue weighted by Crippen LogP contribution is 2.38. The first-order valence-corrected chi connectivity index (χ1v) is 9.70. The van der Waals surface area contributed by atoms with Crippen molar-refractivity contribution in [3.8, 4) is 28.3 Å². The number of hydrogen-bond donors (Lipinski definition) is 0. The molecule has 0 N–H and O–H groups in total. The molecule has 0 aliphatic rings. The molecule has 152 valence electrons. The van der Waals surface area contributed by atoms with E-state index in [0.29, 0.717) is 5.75 Å². The highest BCUT2D eigenvalue weighted by molar-refractivity contribution is 6.03. The summed E-state index contributed by atoms with van der Waals surface area (Å²) in [5.41, 5.74) is 6.02. The quantitative estimate of drug-likeness (QED) is 0.305. The van der Waals surface area contributed by atoms with Gasteiger partial charge in [0.25, 0.3) is 0 Å². The summed E-state index contributed by atoms with van der Waals surface area (Å²) in [5, 5.41) is 5.65. The Kier molecular flexibility index (Phi) is 4.55. The van der Waals surface area contributed by atoms with Crippen LogP contribution in [0.25, 0.3) is 38.9 Å². The van der Waals surface area contributed by atoms with Crippen LogP contribution in [0, 0.1) is 6.92 Å². The summed E-state index contributed by atoms with van der Waals surface area (Å²) in [6.07, 6.45) is 2.90. The van der Waals surface area contributed by atoms with Crippen LogP contribution in [0.1, 0.15) is 5.69 Å². The molecular weight excluding hydrogens is 392 g/mol. The van der Waals surface area contributed by atoms with Gasteiger partial charge in [-0.05, 0) is 61.0 Å². The third-order valence-electron chi connectivity index (χ3n) is 5.02. The smallest absolute Gasteiger partial charge is 0.437 e. The Morgan fingerprint density at radius 3 is 2.77 bits per heavy atom. The second-order valence-electron chi connectivity index (χ2n) is 7.01. The van der Waals surface area contributed by atoms with Crippen LogP contribution in [0.3, 0.4) is 0 Å². The molecular formula is C24H18N4O3. The molecule has 0 fully saturated rings. The van der Waals surface area contributed by atoms with E-state index < -0.39 is 6.16 Å². The van der Waals surface area contributed by atoms with Crippen LogP contribution >= 0.6 is 0 Å².